The van der Waals surface area contributed by atoms with Crippen LogP contribution in [0, 0.1) is 13.8 Å². The fourth-order valence-electron chi connectivity index (χ4n) is 4.55. The quantitative estimate of drug-likeness (QED) is 0.580. The van der Waals surface area contributed by atoms with E-state index in [4.69, 9.17) is 14.5 Å². The maximum Gasteiger partial charge on any atom is 0.402 e. The van der Waals surface area contributed by atoms with Crippen LogP contribution >= 0.6 is 0 Å². The number of likely N-dealkylation sites (N-methyl/N-ethyl adjacent to an activating group) is 1. The molecule has 1 saturated heterocycles. The van der Waals surface area contributed by atoms with E-state index < -0.39 is 24.0 Å². The van der Waals surface area contributed by atoms with Gasteiger partial charge in [-0.1, -0.05) is 11.1 Å². The lowest BCUT2D eigenvalue weighted by Gasteiger charge is -2.35. The number of rotatable bonds is 7. The number of aliphatic imine (C=N–C) groups is 1. The molecule has 10 heteroatoms. The van der Waals surface area contributed by atoms with Gasteiger partial charge in [0.2, 0.25) is 11.9 Å². The van der Waals surface area contributed by atoms with Crippen molar-refractivity contribution in [2.24, 2.45) is 4.99 Å². The van der Waals surface area contributed by atoms with Crippen molar-refractivity contribution in [3.05, 3.63) is 35.2 Å². The Hall–Kier alpha value is -3.69. The number of ether oxygens (including phenoxy) is 2. The molecule has 3 heterocycles. The zero-order chi connectivity index (χ0) is 24.9. The molecule has 0 saturated carbocycles. The number of amides is 3. The Morgan fingerprint density at radius 3 is 2.47 bits per heavy atom. The van der Waals surface area contributed by atoms with Gasteiger partial charge in [0.1, 0.15) is 11.4 Å². The molecule has 2 unspecified atom stereocenters. The Morgan fingerprint density at radius 2 is 1.85 bits per heavy atom. The van der Waals surface area contributed by atoms with Crippen LogP contribution in [0.4, 0.5) is 10.7 Å². The number of benzene rings is 1. The van der Waals surface area contributed by atoms with Crippen LogP contribution in [0.15, 0.2) is 23.2 Å². The molecule has 4 rings (SSSR count). The van der Waals surface area contributed by atoms with Crippen LogP contribution in [-0.4, -0.2) is 65.2 Å². The normalized spacial score (nSPS) is 18.0. The lowest BCUT2D eigenvalue weighted by Crippen LogP contribution is -2.61. The number of amidine groups is 1. The second kappa shape index (κ2) is 8.58. The van der Waals surface area contributed by atoms with E-state index in [1.807, 2.05) is 36.6 Å². The van der Waals surface area contributed by atoms with E-state index >= 15 is 0 Å². The second-order valence-corrected chi connectivity index (χ2v) is 8.64. The summed E-state index contributed by atoms with van der Waals surface area (Å²) in [5.41, 5.74) is 2.93. The number of fused-ring (bicyclic) bond motifs is 3. The first-order chi connectivity index (χ1) is 16.1. The molecule has 1 aromatic carbocycles. The zero-order valence-electron chi connectivity index (χ0n) is 20.6. The highest BCUT2D eigenvalue weighted by Crippen LogP contribution is 2.36. The largest absolute Gasteiger partial charge is 0.493 e. The molecule has 0 spiro atoms. The number of methoxy groups -OCH3 is 2. The summed E-state index contributed by atoms with van der Waals surface area (Å²) in [5, 5.41) is 0. The van der Waals surface area contributed by atoms with Gasteiger partial charge in [-0.15, -0.1) is 0 Å². The number of nitrogens with zero attached hydrogens (tertiary/aromatic N) is 5. The summed E-state index contributed by atoms with van der Waals surface area (Å²) in [7, 11) is 4.79. The van der Waals surface area contributed by atoms with Crippen LogP contribution in [0.2, 0.25) is 0 Å². The summed E-state index contributed by atoms with van der Waals surface area (Å²) in [6.45, 7) is 7.49. The van der Waals surface area contributed by atoms with Gasteiger partial charge in [0.25, 0.3) is 5.91 Å². The summed E-state index contributed by atoms with van der Waals surface area (Å²) < 4.78 is 14.7. The predicted molar refractivity (Wildman–Crippen MR) is 124 cm³/mol. The number of imidazole rings is 1. The number of hydrogen-bond acceptors (Lipinski definition) is 6. The number of Topliss-reactive ketones (excluding diaryl/α,β-unsaturated/α-hetero) is 1. The molecule has 2 atom stereocenters. The van der Waals surface area contributed by atoms with Gasteiger partial charge in [-0.05, 0) is 45.4 Å². The van der Waals surface area contributed by atoms with Crippen LogP contribution < -0.4 is 14.0 Å². The Balaban J connectivity index is 1.69. The lowest BCUT2D eigenvalue weighted by molar-refractivity contribution is -0.688. The molecule has 2 aliphatic rings. The molecule has 2 aromatic rings. The highest BCUT2D eigenvalue weighted by atomic mass is 16.5. The first-order valence-corrected chi connectivity index (χ1v) is 11.1. The number of aryl methyl sites for hydroxylation is 1. The molecule has 10 nitrogen and oxygen atoms in total. The van der Waals surface area contributed by atoms with E-state index in [2.05, 4.69) is 4.57 Å². The highest BCUT2D eigenvalue weighted by Gasteiger charge is 2.55. The van der Waals surface area contributed by atoms with E-state index in [0.29, 0.717) is 36.2 Å². The first kappa shape index (κ1) is 23.5. The number of carbonyl (C=O) groups excluding carboxylic acids is 3. The van der Waals surface area contributed by atoms with Crippen LogP contribution in [0.1, 0.15) is 36.8 Å². The summed E-state index contributed by atoms with van der Waals surface area (Å²) in [6.07, 6.45) is 0.702. The molecule has 1 fully saturated rings. The number of ketones is 1. The van der Waals surface area contributed by atoms with Gasteiger partial charge in [-0.3, -0.25) is 14.5 Å². The van der Waals surface area contributed by atoms with E-state index in [1.54, 1.807) is 28.2 Å². The second-order valence-electron chi connectivity index (χ2n) is 8.64. The topological polar surface area (TPSA) is 97.3 Å². The summed E-state index contributed by atoms with van der Waals surface area (Å²) in [5.74, 6) is 1.63. The summed E-state index contributed by atoms with van der Waals surface area (Å²) in [6, 6.07) is 3.64. The van der Waals surface area contributed by atoms with Gasteiger partial charge in [0, 0.05) is 13.5 Å². The van der Waals surface area contributed by atoms with Crippen molar-refractivity contribution in [1.82, 2.24) is 14.4 Å². The third-order valence-electron chi connectivity index (χ3n) is 6.82. The molecule has 0 bridgehead atoms. The van der Waals surface area contributed by atoms with Crippen LogP contribution in [0.5, 0.6) is 11.5 Å². The SMILES string of the molecule is COc1ccc(CC[n+]2c(C)c(C)n3c2N=C2C3C(=O)N(C(C)C(C)=O)C(=O)N2C)cc1OC. The molecule has 0 N–H and O–H groups in total. The number of urea groups is 1. The van der Waals surface area contributed by atoms with Crippen molar-refractivity contribution in [2.75, 3.05) is 21.3 Å². The monoisotopic (exact) mass is 468 g/mol. The van der Waals surface area contributed by atoms with Crippen LogP contribution in [0.25, 0.3) is 0 Å². The van der Waals surface area contributed by atoms with Crippen molar-refractivity contribution in [3.8, 4) is 11.5 Å². The number of carbonyl (C=O) groups is 3. The molecule has 0 aliphatic carbocycles. The minimum Gasteiger partial charge on any atom is -0.493 e. The standard InChI is InChI=1S/C24H30N5O5/c1-13-14(2)28-20-21(26(5)24(32)29(22(20)31)15(3)16(4)30)25-23(28)27(13)11-10-17-8-9-18(33-6)19(12-17)34-7/h8-9,12,15,20H,10-11H2,1-7H3/q+1. The average Bonchev–Trinajstić information content (AvgIpc) is 3.31. The van der Waals surface area contributed by atoms with Gasteiger partial charge in [-0.2, -0.15) is 0 Å². The number of imide groups is 1. The Kier molecular flexibility index (Phi) is 5.93. The molecule has 180 valence electrons. The Morgan fingerprint density at radius 1 is 1.18 bits per heavy atom. The van der Waals surface area contributed by atoms with Crippen molar-refractivity contribution in [1.29, 1.82) is 0 Å². The summed E-state index contributed by atoms with van der Waals surface area (Å²) >= 11 is 0. The average molecular weight is 469 g/mol. The maximum absolute atomic E-state index is 13.4. The fraction of sp³-hybridized carbons (Fsp3) is 0.458. The molecular formula is C24H30N5O5+. The lowest BCUT2D eigenvalue weighted by atomic mass is 10.1. The van der Waals surface area contributed by atoms with Crippen molar-refractivity contribution >= 4 is 29.5 Å². The van der Waals surface area contributed by atoms with E-state index in [1.165, 1.54) is 11.8 Å². The van der Waals surface area contributed by atoms with Crippen molar-refractivity contribution < 1.29 is 28.4 Å². The number of hydrogen-bond donors (Lipinski definition) is 0. The molecule has 0 radical (unpaired) electrons. The van der Waals surface area contributed by atoms with Crippen LogP contribution in [0.3, 0.4) is 0 Å². The molecule has 2 aliphatic heterocycles. The van der Waals surface area contributed by atoms with Gasteiger partial charge in [0.05, 0.1) is 26.8 Å². The first-order valence-electron chi connectivity index (χ1n) is 11.1. The minimum atomic E-state index is -0.845. The van der Waals surface area contributed by atoms with Crippen molar-refractivity contribution in [2.45, 2.75) is 52.7 Å². The highest BCUT2D eigenvalue weighted by molar-refractivity contribution is 6.21. The Labute approximate surface area is 198 Å². The molecule has 3 amide bonds. The van der Waals surface area contributed by atoms with Gasteiger partial charge in [-0.25, -0.2) is 18.8 Å². The maximum atomic E-state index is 13.4. The smallest absolute Gasteiger partial charge is 0.402 e. The third kappa shape index (κ3) is 3.44. The molecular weight excluding hydrogens is 438 g/mol. The van der Waals surface area contributed by atoms with Gasteiger partial charge in [0.15, 0.2) is 17.3 Å². The van der Waals surface area contributed by atoms with E-state index in [-0.39, 0.29) is 5.78 Å². The third-order valence-corrected chi connectivity index (χ3v) is 6.82. The fourth-order valence-corrected chi connectivity index (χ4v) is 4.55. The van der Waals surface area contributed by atoms with Gasteiger partial charge < -0.3 is 9.47 Å². The molecule has 34 heavy (non-hydrogen) atoms. The minimum absolute atomic E-state index is 0.251. The van der Waals surface area contributed by atoms with Gasteiger partial charge >= 0.3 is 12.0 Å². The Bertz CT molecular complexity index is 1230. The molecule has 1 aromatic heterocycles. The van der Waals surface area contributed by atoms with E-state index in [9.17, 15) is 14.4 Å². The van der Waals surface area contributed by atoms with Crippen LogP contribution in [-0.2, 0) is 22.6 Å². The number of aromatic nitrogens is 2. The predicted octanol–water partition coefficient (Wildman–Crippen LogP) is 2.11. The zero-order valence-corrected chi connectivity index (χ0v) is 20.6. The van der Waals surface area contributed by atoms with E-state index in [0.717, 1.165) is 21.9 Å². The summed E-state index contributed by atoms with van der Waals surface area (Å²) in [4.78, 5) is 45.5. The van der Waals surface area contributed by atoms with Crippen molar-refractivity contribution in [3.63, 3.8) is 0 Å².